The lowest BCUT2D eigenvalue weighted by molar-refractivity contribution is 0.00986. The van der Waals surface area contributed by atoms with Gasteiger partial charge in [0.2, 0.25) is 0 Å². The van der Waals surface area contributed by atoms with Gasteiger partial charge in [0.05, 0.1) is 4.90 Å². The largest absolute Gasteiger partial charge is 0.508 e. The van der Waals surface area contributed by atoms with Crippen LogP contribution in [-0.4, -0.2) is 68.3 Å². The van der Waals surface area contributed by atoms with E-state index in [0.29, 0.717) is 22.7 Å². The highest BCUT2D eigenvalue weighted by atomic mass is 32.2. The molecule has 0 aliphatic carbocycles. The number of likely N-dealkylation sites (tertiary alicyclic amines) is 1. The number of hydrogen-bond donors (Lipinski definition) is 1. The smallest absolute Gasteiger partial charge is 0.175 e. The number of piperidine rings is 1. The minimum atomic E-state index is -3.18. The number of phenols is 1. The molecule has 32 heavy (non-hydrogen) atoms. The molecule has 1 aliphatic rings. The van der Waals surface area contributed by atoms with E-state index < -0.39 is 9.84 Å². The molecule has 2 aromatic carbocycles. The Kier molecular flexibility index (Phi) is 7.38. The van der Waals surface area contributed by atoms with Crippen molar-refractivity contribution in [1.29, 1.82) is 0 Å². The fourth-order valence-electron chi connectivity index (χ4n) is 5.43. The summed E-state index contributed by atoms with van der Waals surface area (Å²) < 4.78 is 23.5. The predicted molar refractivity (Wildman–Crippen MR) is 131 cm³/mol. The fourth-order valence-corrected chi connectivity index (χ4v) is 6.06. The highest BCUT2D eigenvalue weighted by Gasteiger charge is 2.47. The molecule has 2 aromatic rings. The molecule has 1 fully saturated rings. The molecule has 3 atom stereocenters. The van der Waals surface area contributed by atoms with Crippen LogP contribution in [0, 0.1) is 6.92 Å². The van der Waals surface area contributed by atoms with Crippen molar-refractivity contribution in [2.75, 3.05) is 32.9 Å². The maximum Gasteiger partial charge on any atom is 0.175 e. The Balaban J connectivity index is 1.89. The first-order chi connectivity index (χ1) is 15.0. The van der Waals surface area contributed by atoms with Gasteiger partial charge in [-0.25, -0.2) is 8.42 Å². The molecule has 0 aromatic heterocycles. The quantitative estimate of drug-likeness (QED) is 0.679. The van der Waals surface area contributed by atoms with E-state index in [2.05, 4.69) is 44.5 Å². The predicted octanol–water partition coefficient (Wildman–Crippen LogP) is 4.02. The van der Waals surface area contributed by atoms with Gasteiger partial charge in [-0.1, -0.05) is 32.0 Å². The van der Waals surface area contributed by atoms with Crippen LogP contribution in [0.4, 0.5) is 0 Å². The van der Waals surface area contributed by atoms with Gasteiger partial charge >= 0.3 is 0 Å². The van der Waals surface area contributed by atoms with Crippen LogP contribution in [0.25, 0.3) is 0 Å². The standard InChI is InChI=1S/C26H38N2O3S/c1-7-28(16-14-21-9-12-23(13-10-21)32(6,30)31)25-20(3)27(5)17-15-26(25,4)24-18-22(29)11-8-19(24)2/h8-13,18,20,25,29H,7,14-17H2,1-6H3/t20-,25+,26?/m1/s1. The lowest BCUT2D eigenvalue weighted by atomic mass is 9.66. The first-order valence-corrected chi connectivity index (χ1v) is 13.4. The number of nitrogens with zero attached hydrogens (tertiary/aromatic N) is 2. The molecule has 1 heterocycles. The van der Waals surface area contributed by atoms with Gasteiger partial charge in [0, 0.05) is 30.3 Å². The molecule has 3 rings (SSSR count). The van der Waals surface area contributed by atoms with Gasteiger partial charge in [-0.05, 0) is 87.8 Å². The monoisotopic (exact) mass is 458 g/mol. The highest BCUT2D eigenvalue weighted by molar-refractivity contribution is 7.90. The van der Waals surface area contributed by atoms with Crippen LogP contribution in [0.1, 0.15) is 43.9 Å². The third-order valence-electron chi connectivity index (χ3n) is 7.46. The zero-order valence-electron chi connectivity index (χ0n) is 20.3. The number of sulfone groups is 1. The minimum Gasteiger partial charge on any atom is -0.508 e. The summed E-state index contributed by atoms with van der Waals surface area (Å²) in [5.41, 5.74) is 3.52. The third-order valence-corrected chi connectivity index (χ3v) is 8.59. The summed E-state index contributed by atoms with van der Waals surface area (Å²) in [5, 5.41) is 10.2. The van der Waals surface area contributed by atoms with Gasteiger partial charge in [0.15, 0.2) is 9.84 Å². The summed E-state index contributed by atoms with van der Waals surface area (Å²) in [4.78, 5) is 5.37. The number of rotatable bonds is 7. The van der Waals surface area contributed by atoms with Crippen LogP contribution >= 0.6 is 0 Å². The molecule has 1 unspecified atom stereocenters. The second kappa shape index (κ2) is 9.54. The van der Waals surface area contributed by atoms with Crippen molar-refractivity contribution < 1.29 is 13.5 Å². The van der Waals surface area contributed by atoms with Crippen LogP contribution in [-0.2, 0) is 21.7 Å². The summed E-state index contributed by atoms with van der Waals surface area (Å²) in [6, 6.07) is 13.7. The Morgan fingerprint density at radius 2 is 1.84 bits per heavy atom. The summed E-state index contributed by atoms with van der Waals surface area (Å²) in [6.45, 7) is 11.9. The van der Waals surface area contributed by atoms with E-state index in [1.54, 1.807) is 18.2 Å². The molecular formula is C26H38N2O3S. The van der Waals surface area contributed by atoms with Gasteiger partial charge < -0.3 is 10.0 Å². The maximum atomic E-state index is 11.8. The highest BCUT2D eigenvalue weighted by Crippen LogP contribution is 2.42. The van der Waals surface area contributed by atoms with E-state index in [1.165, 1.54) is 17.4 Å². The van der Waals surface area contributed by atoms with Gasteiger partial charge in [-0.15, -0.1) is 0 Å². The maximum absolute atomic E-state index is 11.8. The van der Waals surface area contributed by atoms with Crippen LogP contribution in [0.5, 0.6) is 5.75 Å². The molecular weight excluding hydrogens is 420 g/mol. The van der Waals surface area contributed by atoms with Crippen LogP contribution in [0.2, 0.25) is 0 Å². The number of benzene rings is 2. The summed E-state index contributed by atoms with van der Waals surface area (Å²) in [5.74, 6) is 0.325. The minimum absolute atomic E-state index is 0.0785. The topological polar surface area (TPSA) is 60.9 Å². The van der Waals surface area contributed by atoms with E-state index in [4.69, 9.17) is 0 Å². The molecule has 1 N–H and O–H groups in total. The number of aryl methyl sites for hydroxylation is 1. The normalized spacial score (nSPS) is 24.7. The average Bonchev–Trinajstić information content (AvgIpc) is 2.74. The van der Waals surface area contributed by atoms with Gasteiger partial charge in [0.1, 0.15) is 5.75 Å². The van der Waals surface area contributed by atoms with Gasteiger partial charge in [0.25, 0.3) is 0 Å². The van der Waals surface area contributed by atoms with E-state index in [1.807, 2.05) is 24.3 Å². The third kappa shape index (κ3) is 5.03. The molecule has 0 spiro atoms. The van der Waals surface area contributed by atoms with Crippen molar-refractivity contribution in [1.82, 2.24) is 9.80 Å². The molecule has 176 valence electrons. The Hall–Kier alpha value is -1.89. The van der Waals surface area contributed by atoms with Crippen LogP contribution in [0.15, 0.2) is 47.4 Å². The number of aromatic hydroxyl groups is 1. The SMILES string of the molecule is CCN(CCc1ccc(S(C)(=O)=O)cc1)[C@H]1[C@@H](C)N(C)CCC1(C)c1cc(O)ccc1C. The molecule has 6 heteroatoms. The summed E-state index contributed by atoms with van der Waals surface area (Å²) >= 11 is 0. The van der Waals surface area contributed by atoms with Crippen molar-refractivity contribution in [2.24, 2.45) is 0 Å². The van der Waals surface area contributed by atoms with Crippen molar-refractivity contribution >= 4 is 9.84 Å². The lowest BCUT2D eigenvalue weighted by Gasteiger charge is -2.54. The van der Waals surface area contributed by atoms with E-state index >= 15 is 0 Å². The van der Waals surface area contributed by atoms with E-state index in [0.717, 1.165) is 38.0 Å². The fraction of sp³-hybridized carbons (Fsp3) is 0.538. The first kappa shape index (κ1) is 24.7. The van der Waals surface area contributed by atoms with Crippen LogP contribution < -0.4 is 0 Å². The van der Waals surface area contributed by atoms with Crippen molar-refractivity contribution in [3.63, 3.8) is 0 Å². The molecule has 1 saturated heterocycles. The molecule has 0 bridgehead atoms. The van der Waals surface area contributed by atoms with Gasteiger partial charge in [-0.2, -0.15) is 0 Å². The van der Waals surface area contributed by atoms with Crippen molar-refractivity contribution in [2.45, 2.75) is 62.9 Å². The van der Waals surface area contributed by atoms with Gasteiger partial charge in [-0.3, -0.25) is 4.90 Å². The molecule has 0 saturated carbocycles. The Morgan fingerprint density at radius 1 is 1.19 bits per heavy atom. The number of hydrogen-bond acceptors (Lipinski definition) is 5. The molecule has 0 amide bonds. The van der Waals surface area contributed by atoms with Crippen molar-refractivity contribution in [3.05, 3.63) is 59.2 Å². The Bertz CT molecular complexity index is 1040. The second-order valence-electron chi connectivity index (χ2n) is 9.63. The van der Waals surface area contributed by atoms with Crippen LogP contribution in [0.3, 0.4) is 0 Å². The van der Waals surface area contributed by atoms with E-state index in [9.17, 15) is 13.5 Å². The molecule has 1 aliphatic heterocycles. The Morgan fingerprint density at radius 3 is 2.44 bits per heavy atom. The second-order valence-corrected chi connectivity index (χ2v) is 11.6. The molecule has 0 radical (unpaired) electrons. The van der Waals surface area contributed by atoms with Crippen molar-refractivity contribution in [3.8, 4) is 5.75 Å². The molecule has 5 nitrogen and oxygen atoms in total. The average molecular weight is 459 g/mol. The zero-order valence-corrected chi connectivity index (χ0v) is 21.1. The van der Waals surface area contributed by atoms with E-state index in [-0.39, 0.29) is 5.41 Å². The first-order valence-electron chi connectivity index (χ1n) is 11.5. The summed E-state index contributed by atoms with van der Waals surface area (Å²) in [6.07, 6.45) is 3.13. The Labute approximate surface area is 194 Å². The number of phenolic OH excluding ortho intramolecular Hbond substituents is 1. The zero-order chi connectivity index (χ0) is 23.7. The lowest BCUT2D eigenvalue weighted by Crippen LogP contribution is -2.63. The summed E-state index contributed by atoms with van der Waals surface area (Å²) in [7, 11) is -0.977. The number of likely N-dealkylation sites (N-methyl/N-ethyl adjacent to an activating group) is 2.